The van der Waals surface area contributed by atoms with Gasteiger partial charge in [-0.05, 0) is 31.1 Å². The standard InChI is InChI=1S/C12H23NO3/c1-11(2)4-6-12(7-5-11,10(14)15)13-8-9-16-3/h13H,4-9H2,1-3H3,(H,14,15). The van der Waals surface area contributed by atoms with Crippen LogP contribution in [0.1, 0.15) is 39.5 Å². The van der Waals surface area contributed by atoms with E-state index in [4.69, 9.17) is 4.74 Å². The van der Waals surface area contributed by atoms with Crippen LogP contribution in [0.4, 0.5) is 0 Å². The van der Waals surface area contributed by atoms with Crippen molar-refractivity contribution in [3.05, 3.63) is 0 Å². The van der Waals surface area contributed by atoms with Crippen molar-refractivity contribution in [2.75, 3.05) is 20.3 Å². The third-order valence-corrected chi connectivity index (χ3v) is 3.64. The summed E-state index contributed by atoms with van der Waals surface area (Å²) in [5.74, 6) is -0.723. The van der Waals surface area contributed by atoms with Crippen molar-refractivity contribution in [1.82, 2.24) is 5.32 Å². The maximum atomic E-state index is 11.4. The third kappa shape index (κ3) is 3.19. The first-order valence-electron chi connectivity index (χ1n) is 5.89. The molecule has 4 heteroatoms. The fourth-order valence-corrected chi connectivity index (χ4v) is 2.21. The van der Waals surface area contributed by atoms with Gasteiger partial charge >= 0.3 is 5.97 Å². The van der Waals surface area contributed by atoms with E-state index in [1.54, 1.807) is 7.11 Å². The van der Waals surface area contributed by atoms with Gasteiger partial charge in [0.25, 0.3) is 0 Å². The Bertz CT molecular complexity index is 241. The van der Waals surface area contributed by atoms with E-state index in [1.165, 1.54) is 0 Å². The van der Waals surface area contributed by atoms with E-state index < -0.39 is 11.5 Å². The maximum Gasteiger partial charge on any atom is 0.323 e. The van der Waals surface area contributed by atoms with Crippen LogP contribution in [0.2, 0.25) is 0 Å². The number of carboxylic acid groups (broad SMARTS) is 1. The lowest BCUT2D eigenvalue weighted by Crippen LogP contribution is -2.55. The average Bonchev–Trinajstić information content (AvgIpc) is 2.21. The van der Waals surface area contributed by atoms with Crippen LogP contribution in [0.3, 0.4) is 0 Å². The number of hydrogen-bond donors (Lipinski definition) is 2. The van der Waals surface area contributed by atoms with Gasteiger partial charge in [-0.3, -0.25) is 10.1 Å². The van der Waals surface area contributed by atoms with Crippen molar-refractivity contribution in [2.45, 2.75) is 45.1 Å². The monoisotopic (exact) mass is 229 g/mol. The van der Waals surface area contributed by atoms with Crippen LogP contribution < -0.4 is 5.32 Å². The summed E-state index contributed by atoms with van der Waals surface area (Å²) in [5, 5.41) is 12.5. The molecule has 0 atom stereocenters. The Kier molecular flexibility index (Phi) is 4.33. The van der Waals surface area contributed by atoms with Crippen LogP contribution in [0.15, 0.2) is 0 Å². The van der Waals surface area contributed by atoms with Crippen molar-refractivity contribution in [1.29, 1.82) is 0 Å². The smallest absolute Gasteiger partial charge is 0.323 e. The summed E-state index contributed by atoms with van der Waals surface area (Å²) < 4.78 is 4.94. The molecule has 0 spiro atoms. The Labute approximate surface area is 97.4 Å². The summed E-state index contributed by atoms with van der Waals surface area (Å²) in [7, 11) is 1.62. The fourth-order valence-electron chi connectivity index (χ4n) is 2.21. The quantitative estimate of drug-likeness (QED) is 0.704. The Morgan fingerprint density at radius 3 is 2.31 bits per heavy atom. The van der Waals surface area contributed by atoms with E-state index in [9.17, 15) is 9.90 Å². The highest BCUT2D eigenvalue weighted by molar-refractivity contribution is 5.79. The zero-order valence-corrected chi connectivity index (χ0v) is 10.5. The zero-order valence-electron chi connectivity index (χ0n) is 10.5. The van der Waals surface area contributed by atoms with Gasteiger partial charge in [-0.15, -0.1) is 0 Å². The summed E-state index contributed by atoms with van der Waals surface area (Å²) in [4.78, 5) is 11.4. The molecule has 1 rings (SSSR count). The van der Waals surface area contributed by atoms with E-state index in [0.717, 1.165) is 12.8 Å². The molecule has 1 aliphatic rings. The van der Waals surface area contributed by atoms with Crippen molar-refractivity contribution < 1.29 is 14.6 Å². The van der Waals surface area contributed by atoms with E-state index >= 15 is 0 Å². The molecule has 1 saturated carbocycles. The second kappa shape index (κ2) is 5.15. The second-order valence-corrected chi connectivity index (χ2v) is 5.47. The molecule has 0 aromatic rings. The van der Waals surface area contributed by atoms with Gasteiger partial charge in [0.1, 0.15) is 5.54 Å². The summed E-state index contributed by atoms with van der Waals surface area (Å²) in [6.07, 6.45) is 3.33. The van der Waals surface area contributed by atoms with Crippen LogP contribution >= 0.6 is 0 Å². The molecule has 0 aromatic carbocycles. The highest BCUT2D eigenvalue weighted by Crippen LogP contribution is 2.40. The first kappa shape index (κ1) is 13.5. The van der Waals surface area contributed by atoms with Crippen molar-refractivity contribution in [3.8, 4) is 0 Å². The summed E-state index contributed by atoms with van der Waals surface area (Å²) in [6, 6.07) is 0. The lowest BCUT2D eigenvalue weighted by molar-refractivity contribution is -0.147. The van der Waals surface area contributed by atoms with Crippen molar-refractivity contribution in [2.24, 2.45) is 5.41 Å². The molecule has 4 nitrogen and oxygen atoms in total. The van der Waals surface area contributed by atoms with Gasteiger partial charge < -0.3 is 9.84 Å². The van der Waals surface area contributed by atoms with Crippen LogP contribution in [0, 0.1) is 5.41 Å². The Balaban J connectivity index is 2.58. The van der Waals surface area contributed by atoms with Gasteiger partial charge in [-0.2, -0.15) is 0 Å². The molecular weight excluding hydrogens is 206 g/mol. The van der Waals surface area contributed by atoms with Gasteiger partial charge in [0, 0.05) is 13.7 Å². The molecule has 1 fully saturated rings. The number of rotatable bonds is 5. The minimum Gasteiger partial charge on any atom is -0.480 e. The highest BCUT2D eigenvalue weighted by atomic mass is 16.5. The van der Waals surface area contributed by atoms with Crippen LogP contribution in [0.25, 0.3) is 0 Å². The molecule has 0 saturated heterocycles. The fraction of sp³-hybridized carbons (Fsp3) is 0.917. The topological polar surface area (TPSA) is 58.6 Å². The molecule has 94 valence electrons. The number of nitrogens with one attached hydrogen (secondary N) is 1. The van der Waals surface area contributed by atoms with Crippen LogP contribution in [-0.4, -0.2) is 36.9 Å². The molecule has 16 heavy (non-hydrogen) atoms. The molecule has 2 N–H and O–H groups in total. The number of hydrogen-bond acceptors (Lipinski definition) is 3. The third-order valence-electron chi connectivity index (χ3n) is 3.64. The van der Waals surface area contributed by atoms with Gasteiger partial charge in [-0.1, -0.05) is 13.8 Å². The summed E-state index contributed by atoms with van der Waals surface area (Å²) in [5.41, 5.74) is -0.448. The number of carbonyl (C=O) groups is 1. The summed E-state index contributed by atoms with van der Waals surface area (Å²) in [6.45, 7) is 5.56. The van der Waals surface area contributed by atoms with Gasteiger partial charge in [-0.25, -0.2) is 0 Å². The predicted molar refractivity (Wildman–Crippen MR) is 62.5 cm³/mol. The average molecular weight is 229 g/mol. The van der Waals surface area contributed by atoms with Gasteiger partial charge in [0.15, 0.2) is 0 Å². The first-order chi connectivity index (χ1) is 7.42. The Hall–Kier alpha value is -0.610. The molecule has 0 aromatic heterocycles. The zero-order chi connectivity index (χ0) is 12.2. The number of carboxylic acids is 1. The minimum atomic E-state index is -0.728. The molecular formula is C12H23NO3. The molecule has 0 heterocycles. The molecule has 1 aliphatic carbocycles. The van der Waals surface area contributed by atoms with E-state index in [1.807, 2.05) is 0 Å². The van der Waals surface area contributed by atoms with Gasteiger partial charge in [0.05, 0.1) is 6.61 Å². The van der Waals surface area contributed by atoms with Crippen LogP contribution in [0.5, 0.6) is 0 Å². The molecule has 0 bridgehead atoms. The number of methoxy groups -OCH3 is 1. The predicted octanol–water partition coefficient (Wildman–Crippen LogP) is 1.65. The van der Waals surface area contributed by atoms with E-state index in [0.29, 0.717) is 26.0 Å². The lowest BCUT2D eigenvalue weighted by Gasteiger charge is -2.41. The SMILES string of the molecule is COCCNC1(C(=O)O)CCC(C)(C)CC1. The van der Waals surface area contributed by atoms with Gasteiger partial charge in [0.2, 0.25) is 0 Å². The molecule has 0 unspecified atom stereocenters. The molecule has 0 aliphatic heterocycles. The highest BCUT2D eigenvalue weighted by Gasteiger charge is 2.43. The van der Waals surface area contributed by atoms with Crippen molar-refractivity contribution in [3.63, 3.8) is 0 Å². The maximum absolute atomic E-state index is 11.4. The van der Waals surface area contributed by atoms with E-state index in [2.05, 4.69) is 19.2 Å². The Morgan fingerprint density at radius 2 is 1.88 bits per heavy atom. The van der Waals surface area contributed by atoms with Crippen LogP contribution in [-0.2, 0) is 9.53 Å². The minimum absolute atomic E-state index is 0.280. The number of aliphatic carboxylic acids is 1. The Morgan fingerprint density at radius 1 is 1.31 bits per heavy atom. The second-order valence-electron chi connectivity index (χ2n) is 5.47. The largest absolute Gasteiger partial charge is 0.480 e. The lowest BCUT2D eigenvalue weighted by atomic mass is 9.69. The molecule has 0 radical (unpaired) electrons. The normalized spacial score (nSPS) is 22.9. The van der Waals surface area contributed by atoms with E-state index in [-0.39, 0.29) is 5.41 Å². The van der Waals surface area contributed by atoms with Crippen molar-refractivity contribution >= 4 is 5.97 Å². The summed E-state index contributed by atoms with van der Waals surface area (Å²) >= 11 is 0. The molecule has 0 amide bonds. The first-order valence-corrected chi connectivity index (χ1v) is 5.89. The number of ether oxygens (including phenoxy) is 1.